The van der Waals surface area contributed by atoms with Crippen LogP contribution in [0.1, 0.15) is 22.2 Å². The van der Waals surface area contributed by atoms with E-state index >= 15 is 0 Å². The summed E-state index contributed by atoms with van der Waals surface area (Å²) in [5.74, 6) is -0.602. The van der Waals surface area contributed by atoms with Crippen molar-refractivity contribution in [3.05, 3.63) is 70.2 Å². The van der Waals surface area contributed by atoms with E-state index in [9.17, 15) is 14.7 Å². The molecule has 0 saturated carbocycles. The quantitative estimate of drug-likeness (QED) is 0.370. The highest BCUT2D eigenvalue weighted by Crippen LogP contribution is 2.43. The molecule has 1 saturated heterocycles. The third kappa shape index (κ3) is 3.64. The van der Waals surface area contributed by atoms with Crippen LogP contribution in [0.5, 0.6) is 11.5 Å². The molecule has 0 radical (unpaired) electrons. The van der Waals surface area contributed by atoms with Crippen molar-refractivity contribution in [2.24, 2.45) is 0 Å². The molecule has 0 aliphatic carbocycles. The molecule has 4 rings (SSSR count). The Morgan fingerprint density at radius 1 is 0.968 bits per heavy atom. The monoisotopic (exact) mass is 437 g/mol. The summed E-state index contributed by atoms with van der Waals surface area (Å²) in [6.07, 6.45) is 0. The summed E-state index contributed by atoms with van der Waals surface area (Å²) in [5, 5.41) is 20.0. The van der Waals surface area contributed by atoms with E-state index in [1.807, 2.05) is 0 Å². The summed E-state index contributed by atoms with van der Waals surface area (Å²) < 4.78 is 10.4. The Balaban J connectivity index is 1.90. The predicted octanol–water partition coefficient (Wildman–Crippen LogP) is 3.49. The molecular formula is C22H19N3O5S. The fourth-order valence-electron chi connectivity index (χ4n) is 3.42. The molecule has 1 fully saturated rings. The number of ether oxygens (including phenoxy) is 2. The lowest BCUT2D eigenvalue weighted by atomic mass is 9.95. The molecule has 2 aromatic carbocycles. The second kappa shape index (κ2) is 8.19. The van der Waals surface area contributed by atoms with E-state index in [4.69, 9.17) is 9.47 Å². The summed E-state index contributed by atoms with van der Waals surface area (Å²) in [6, 6.07) is 12.7. The van der Waals surface area contributed by atoms with Crippen LogP contribution >= 0.6 is 11.3 Å². The van der Waals surface area contributed by atoms with E-state index in [0.717, 1.165) is 0 Å². The van der Waals surface area contributed by atoms with Gasteiger partial charge >= 0.3 is 5.91 Å². The van der Waals surface area contributed by atoms with E-state index in [0.29, 0.717) is 27.6 Å². The number of Topliss-reactive ketones (excluding diaryl/α,β-unsaturated/α-hetero) is 1. The van der Waals surface area contributed by atoms with Crippen molar-refractivity contribution in [1.82, 2.24) is 10.2 Å². The number of aryl methyl sites for hydroxylation is 1. The topological polar surface area (TPSA) is 102 Å². The number of aliphatic hydroxyl groups excluding tert-OH is 1. The van der Waals surface area contributed by atoms with Gasteiger partial charge in [-0.3, -0.25) is 14.5 Å². The summed E-state index contributed by atoms with van der Waals surface area (Å²) >= 11 is 1.20. The highest BCUT2D eigenvalue weighted by molar-refractivity contribution is 7.15. The molecule has 3 aromatic rings. The van der Waals surface area contributed by atoms with Crippen molar-refractivity contribution in [3.63, 3.8) is 0 Å². The Morgan fingerprint density at radius 2 is 1.55 bits per heavy atom. The minimum Gasteiger partial charge on any atom is -0.507 e. The van der Waals surface area contributed by atoms with Crippen molar-refractivity contribution in [3.8, 4) is 11.5 Å². The van der Waals surface area contributed by atoms with Crippen LogP contribution in [0.2, 0.25) is 0 Å². The molecule has 1 amide bonds. The normalized spacial score (nSPS) is 17.8. The molecular weight excluding hydrogens is 418 g/mol. The maximum atomic E-state index is 13.0. The van der Waals surface area contributed by atoms with E-state index < -0.39 is 17.7 Å². The molecule has 0 unspecified atom stereocenters. The van der Waals surface area contributed by atoms with Gasteiger partial charge in [0.1, 0.15) is 22.3 Å². The number of benzene rings is 2. The van der Waals surface area contributed by atoms with Crippen molar-refractivity contribution < 1.29 is 24.2 Å². The second-order valence-electron chi connectivity index (χ2n) is 6.77. The number of hydrogen-bond donors (Lipinski definition) is 1. The Kier molecular flexibility index (Phi) is 5.43. The fraction of sp³-hybridized carbons (Fsp3) is 0.182. The molecule has 9 heteroatoms. The minimum atomic E-state index is -0.861. The van der Waals surface area contributed by atoms with Crippen LogP contribution in [0.3, 0.4) is 0 Å². The maximum absolute atomic E-state index is 13.0. The number of rotatable bonds is 5. The molecule has 2 heterocycles. The summed E-state index contributed by atoms with van der Waals surface area (Å²) in [6.45, 7) is 1.76. The molecule has 0 spiro atoms. The average Bonchev–Trinajstić information content (AvgIpc) is 3.34. The highest BCUT2D eigenvalue weighted by atomic mass is 32.1. The zero-order valence-electron chi connectivity index (χ0n) is 17.0. The SMILES string of the molecule is COc1ccc(C(O)=C2C(=O)C(=O)N(c3nnc(C)s3)[C@@H]2c2ccc(OC)cc2)cc1. The van der Waals surface area contributed by atoms with Crippen molar-refractivity contribution in [1.29, 1.82) is 0 Å². The summed E-state index contributed by atoms with van der Waals surface area (Å²) in [7, 11) is 3.09. The van der Waals surface area contributed by atoms with E-state index in [1.54, 1.807) is 62.6 Å². The van der Waals surface area contributed by atoms with Crippen LogP contribution in [0.4, 0.5) is 5.13 Å². The average molecular weight is 437 g/mol. The third-order valence-corrected chi connectivity index (χ3v) is 5.80. The van der Waals surface area contributed by atoms with Crippen LogP contribution < -0.4 is 14.4 Å². The Morgan fingerprint density at radius 3 is 2.06 bits per heavy atom. The summed E-state index contributed by atoms with van der Waals surface area (Å²) in [5.41, 5.74) is 1.00. The Hall–Kier alpha value is -3.72. The molecule has 158 valence electrons. The molecule has 1 N–H and O–H groups in total. The van der Waals surface area contributed by atoms with E-state index in [2.05, 4.69) is 10.2 Å². The second-order valence-corrected chi connectivity index (χ2v) is 7.93. The van der Waals surface area contributed by atoms with Crippen LogP contribution in [0, 0.1) is 6.92 Å². The van der Waals surface area contributed by atoms with Gasteiger partial charge in [0.2, 0.25) is 5.13 Å². The number of ketones is 1. The Labute approximate surface area is 182 Å². The number of amides is 1. The van der Waals surface area contributed by atoms with Crippen LogP contribution in [-0.2, 0) is 9.59 Å². The Bertz CT molecular complexity index is 1170. The lowest BCUT2D eigenvalue weighted by Gasteiger charge is -2.22. The fourth-order valence-corrected chi connectivity index (χ4v) is 4.13. The molecule has 8 nitrogen and oxygen atoms in total. The molecule has 0 bridgehead atoms. The number of carbonyl (C=O) groups is 2. The third-order valence-electron chi connectivity index (χ3n) is 4.96. The number of nitrogens with zero attached hydrogens (tertiary/aromatic N) is 3. The van der Waals surface area contributed by atoms with Gasteiger partial charge in [-0.1, -0.05) is 23.5 Å². The number of hydrogen-bond acceptors (Lipinski definition) is 8. The highest BCUT2D eigenvalue weighted by Gasteiger charge is 2.48. The molecule has 1 aliphatic rings. The lowest BCUT2D eigenvalue weighted by molar-refractivity contribution is -0.132. The first-order valence-corrected chi connectivity index (χ1v) is 10.2. The zero-order valence-corrected chi connectivity index (χ0v) is 17.8. The first-order valence-electron chi connectivity index (χ1n) is 9.34. The van der Waals surface area contributed by atoms with Crippen molar-refractivity contribution in [2.45, 2.75) is 13.0 Å². The van der Waals surface area contributed by atoms with Gasteiger partial charge in [-0.05, 0) is 48.9 Å². The number of carbonyl (C=O) groups excluding carboxylic acids is 2. The van der Waals surface area contributed by atoms with Gasteiger partial charge < -0.3 is 14.6 Å². The molecule has 1 atom stereocenters. The minimum absolute atomic E-state index is 0.0202. The lowest BCUT2D eigenvalue weighted by Crippen LogP contribution is -2.29. The maximum Gasteiger partial charge on any atom is 0.301 e. The van der Waals surface area contributed by atoms with Gasteiger partial charge in [0.25, 0.3) is 5.78 Å². The van der Waals surface area contributed by atoms with Gasteiger partial charge in [-0.2, -0.15) is 0 Å². The number of anilines is 1. The van der Waals surface area contributed by atoms with Gasteiger partial charge in [-0.15, -0.1) is 10.2 Å². The molecule has 1 aliphatic heterocycles. The zero-order chi connectivity index (χ0) is 22.1. The molecule has 1 aromatic heterocycles. The molecule has 31 heavy (non-hydrogen) atoms. The standard InChI is InChI=1S/C22H19N3O5S/c1-12-23-24-22(31-12)25-18(13-4-8-15(29-2)9-5-13)17(20(27)21(25)28)19(26)14-6-10-16(30-3)11-7-14/h4-11,18,26H,1-3H3/t18-/m1/s1. The van der Waals surface area contributed by atoms with Crippen molar-refractivity contribution >= 4 is 33.9 Å². The van der Waals surface area contributed by atoms with Crippen LogP contribution in [0.15, 0.2) is 54.1 Å². The van der Waals surface area contributed by atoms with Crippen LogP contribution in [-0.4, -0.2) is 41.2 Å². The number of methoxy groups -OCH3 is 2. The van der Waals surface area contributed by atoms with Gasteiger partial charge in [0, 0.05) is 5.56 Å². The van der Waals surface area contributed by atoms with Gasteiger partial charge in [0.15, 0.2) is 0 Å². The first-order chi connectivity index (χ1) is 14.9. The summed E-state index contributed by atoms with van der Waals surface area (Å²) in [4.78, 5) is 27.3. The van der Waals surface area contributed by atoms with E-state index in [1.165, 1.54) is 23.3 Å². The smallest absolute Gasteiger partial charge is 0.301 e. The van der Waals surface area contributed by atoms with Crippen LogP contribution in [0.25, 0.3) is 5.76 Å². The van der Waals surface area contributed by atoms with E-state index in [-0.39, 0.29) is 16.5 Å². The largest absolute Gasteiger partial charge is 0.507 e. The predicted molar refractivity (Wildman–Crippen MR) is 115 cm³/mol. The first kappa shape index (κ1) is 20.5. The van der Waals surface area contributed by atoms with Gasteiger partial charge in [0.05, 0.1) is 25.8 Å². The van der Waals surface area contributed by atoms with Crippen molar-refractivity contribution in [2.75, 3.05) is 19.1 Å². The number of aliphatic hydroxyl groups is 1. The number of aromatic nitrogens is 2. The van der Waals surface area contributed by atoms with Gasteiger partial charge in [-0.25, -0.2) is 0 Å².